The summed E-state index contributed by atoms with van der Waals surface area (Å²) in [7, 11) is 8.39. The molecule has 1 fully saturated rings. The average Bonchev–Trinajstić information content (AvgIpc) is 2.39. The molecule has 0 aliphatic carbocycles. The highest BCUT2D eigenvalue weighted by Crippen LogP contribution is 2.36. The van der Waals surface area contributed by atoms with Crippen LogP contribution < -0.4 is 0 Å². The maximum atomic E-state index is 2.27. The first-order valence-corrected chi connectivity index (χ1v) is 6.67. The van der Waals surface area contributed by atoms with Crippen LogP contribution >= 0.6 is 21.6 Å². The first-order valence-electron chi connectivity index (χ1n) is 4.18. The molecule has 0 spiro atoms. The largest absolute Gasteiger partial charge is 0.309 e. The first kappa shape index (κ1) is 9.75. The Kier molecular flexibility index (Phi) is 4.72. The standard InChI is InChI=1S/C8H17NS2/c1-9(2)5-3-4-8-6-10-11-7-8/h8H,3-7H2,1-2H3. The quantitative estimate of drug-likeness (QED) is 0.628. The van der Waals surface area contributed by atoms with Crippen molar-refractivity contribution in [2.75, 3.05) is 32.1 Å². The molecule has 1 heterocycles. The van der Waals surface area contributed by atoms with Gasteiger partial charge in [-0.05, 0) is 39.4 Å². The number of hydrogen-bond acceptors (Lipinski definition) is 3. The van der Waals surface area contributed by atoms with E-state index in [1.54, 1.807) is 0 Å². The molecule has 1 aliphatic heterocycles. The van der Waals surface area contributed by atoms with Gasteiger partial charge < -0.3 is 4.90 Å². The van der Waals surface area contributed by atoms with E-state index < -0.39 is 0 Å². The van der Waals surface area contributed by atoms with Crippen molar-refractivity contribution in [2.45, 2.75) is 12.8 Å². The van der Waals surface area contributed by atoms with Crippen LogP contribution in [0.15, 0.2) is 0 Å². The SMILES string of the molecule is CN(C)CCCC1CSSC1. The molecule has 1 rings (SSSR count). The van der Waals surface area contributed by atoms with Gasteiger partial charge in [0.25, 0.3) is 0 Å². The Morgan fingerprint density at radius 3 is 2.45 bits per heavy atom. The third-order valence-corrected chi connectivity index (χ3v) is 4.61. The lowest BCUT2D eigenvalue weighted by Crippen LogP contribution is -2.14. The van der Waals surface area contributed by atoms with E-state index in [4.69, 9.17) is 0 Å². The summed E-state index contributed by atoms with van der Waals surface area (Å²) < 4.78 is 0. The average molecular weight is 191 g/mol. The second-order valence-corrected chi connectivity index (χ2v) is 5.93. The number of nitrogens with zero attached hydrogens (tertiary/aromatic N) is 1. The lowest BCUT2D eigenvalue weighted by molar-refractivity contribution is 0.381. The van der Waals surface area contributed by atoms with Gasteiger partial charge in [-0.25, -0.2) is 0 Å². The topological polar surface area (TPSA) is 3.24 Å². The molecule has 1 aliphatic rings. The molecule has 0 atom stereocenters. The first-order chi connectivity index (χ1) is 5.29. The van der Waals surface area contributed by atoms with Crippen LogP contribution in [0.4, 0.5) is 0 Å². The van der Waals surface area contributed by atoms with Gasteiger partial charge >= 0.3 is 0 Å². The van der Waals surface area contributed by atoms with Crippen molar-refractivity contribution < 1.29 is 0 Å². The molecule has 0 N–H and O–H groups in total. The highest BCUT2D eigenvalue weighted by Gasteiger charge is 2.15. The molecule has 1 nitrogen and oxygen atoms in total. The molecule has 0 amide bonds. The zero-order chi connectivity index (χ0) is 8.10. The van der Waals surface area contributed by atoms with Gasteiger partial charge in [-0.1, -0.05) is 21.6 Å². The van der Waals surface area contributed by atoms with Crippen molar-refractivity contribution in [3.05, 3.63) is 0 Å². The smallest absolute Gasteiger partial charge is 0.00735 e. The van der Waals surface area contributed by atoms with E-state index in [0.29, 0.717) is 0 Å². The Bertz CT molecular complexity index is 100. The second kappa shape index (κ2) is 5.33. The van der Waals surface area contributed by atoms with Crippen LogP contribution in [-0.4, -0.2) is 37.0 Å². The van der Waals surface area contributed by atoms with Gasteiger partial charge in [0.05, 0.1) is 0 Å². The Labute approximate surface area is 77.7 Å². The molecule has 1 saturated heterocycles. The third kappa shape index (κ3) is 4.28. The van der Waals surface area contributed by atoms with Crippen molar-refractivity contribution in [2.24, 2.45) is 5.92 Å². The highest BCUT2D eigenvalue weighted by molar-refractivity contribution is 8.77. The summed E-state index contributed by atoms with van der Waals surface area (Å²) in [6.07, 6.45) is 2.80. The highest BCUT2D eigenvalue weighted by atomic mass is 33.1. The van der Waals surface area contributed by atoms with Crippen molar-refractivity contribution in [1.29, 1.82) is 0 Å². The van der Waals surface area contributed by atoms with E-state index in [9.17, 15) is 0 Å². The molecule has 66 valence electrons. The number of hydrogen-bond donors (Lipinski definition) is 0. The summed E-state index contributed by atoms with van der Waals surface area (Å²) in [6.45, 7) is 1.26. The van der Waals surface area contributed by atoms with Gasteiger partial charge in [0.15, 0.2) is 0 Å². The monoisotopic (exact) mass is 191 g/mol. The zero-order valence-electron chi connectivity index (χ0n) is 7.38. The summed E-state index contributed by atoms with van der Waals surface area (Å²) in [6, 6.07) is 0. The molecule has 11 heavy (non-hydrogen) atoms. The van der Waals surface area contributed by atoms with Crippen LogP contribution in [0.25, 0.3) is 0 Å². The Hall–Kier alpha value is 0.660. The predicted octanol–water partition coefficient (Wildman–Crippen LogP) is 2.34. The van der Waals surface area contributed by atoms with Crippen LogP contribution in [0.1, 0.15) is 12.8 Å². The minimum atomic E-state index is 1.00. The normalized spacial score (nSPS) is 19.9. The summed E-state index contributed by atoms with van der Waals surface area (Å²) in [4.78, 5) is 2.27. The van der Waals surface area contributed by atoms with Gasteiger partial charge in [0.1, 0.15) is 0 Å². The van der Waals surface area contributed by atoms with E-state index in [1.807, 2.05) is 21.6 Å². The van der Waals surface area contributed by atoms with E-state index in [-0.39, 0.29) is 0 Å². The van der Waals surface area contributed by atoms with E-state index >= 15 is 0 Å². The van der Waals surface area contributed by atoms with Crippen molar-refractivity contribution in [1.82, 2.24) is 4.90 Å². The van der Waals surface area contributed by atoms with Crippen molar-refractivity contribution in [3.63, 3.8) is 0 Å². The zero-order valence-corrected chi connectivity index (χ0v) is 9.01. The lowest BCUT2D eigenvalue weighted by Gasteiger charge is -2.11. The molecular formula is C8H17NS2. The van der Waals surface area contributed by atoms with Crippen molar-refractivity contribution in [3.8, 4) is 0 Å². The predicted molar refractivity (Wildman–Crippen MR) is 56.2 cm³/mol. The molecule has 0 bridgehead atoms. The van der Waals surface area contributed by atoms with Gasteiger partial charge in [-0.15, -0.1) is 0 Å². The van der Waals surface area contributed by atoms with E-state index in [2.05, 4.69) is 19.0 Å². The van der Waals surface area contributed by atoms with Gasteiger partial charge in [0, 0.05) is 11.5 Å². The summed E-state index contributed by atoms with van der Waals surface area (Å²) in [5.74, 6) is 3.78. The summed E-state index contributed by atoms with van der Waals surface area (Å²) in [5, 5.41) is 0. The fraction of sp³-hybridized carbons (Fsp3) is 1.00. The third-order valence-electron chi connectivity index (χ3n) is 1.91. The minimum Gasteiger partial charge on any atom is -0.309 e. The summed E-state index contributed by atoms with van der Waals surface area (Å²) in [5.41, 5.74) is 0. The Balaban J connectivity index is 1.94. The molecule has 0 saturated carbocycles. The van der Waals surface area contributed by atoms with Gasteiger partial charge in [-0.3, -0.25) is 0 Å². The Morgan fingerprint density at radius 1 is 1.27 bits per heavy atom. The van der Waals surface area contributed by atoms with Crippen LogP contribution in [0.3, 0.4) is 0 Å². The fourth-order valence-electron chi connectivity index (χ4n) is 1.20. The second-order valence-electron chi connectivity index (χ2n) is 3.38. The van der Waals surface area contributed by atoms with Crippen LogP contribution in [-0.2, 0) is 0 Å². The van der Waals surface area contributed by atoms with E-state index in [0.717, 1.165) is 5.92 Å². The van der Waals surface area contributed by atoms with Gasteiger partial charge in [0.2, 0.25) is 0 Å². The summed E-state index contributed by atoms with van der Waals surface area (Å²) >= 11 is 0. The van der Waals surface area contributed by atoms with Crippen molar-refractivity contribution >= 4 is 21.6 Å². The molecule has 0 aromatic carbocycles. The van der Waals surface area contributed by atoms with Crippen LogP contribution in [0, 0.1) is 5.92 Å². The fourth-order valence-corrected chi connectivity index (χ4v) is 4.23. The maximum Gasteiger partial charge on any atom is 0.00735 e. The maximum absolute atomic E-state index is 2.27. The molecule has 3 heteroatoms. The van der Waals surface area contributed by atoms with Gasteiger partial charge in [-0.2, -0.15) is 0 Å². The minimum absolute atomic E-state index is 1.00. The number of rotatable bonds is 4. The van der Waals surface area contributed by atoms with E-state index in [1.165, 1.54) is 30.9 Å². The molecule has 0 unspecified atom stereocenters. The van der Waals surface area contributed by atoms with Crippen LogP contribution in [0.5, 0.6) is 0 Å². The molecule has 0 radical (unpaired) electrons. The van der Waals surface area contributed by atoms with Crippen LogP contribution in [0.2, 0.25) is 0 Å². The molecule has 0 aromatic heterocycles. The molecular weight excluding hydrogens is 174 g/mol. The Morgan fingerprint density at radius 2 is 1.91 bits per heavy atom. The molecule has 0 aromatic rings. The lowest BCUT2D eigenvalue weighted by atomic mass is 10.1.